The smallest absolute Gasteiger partial charge is 0.219 e. The van der Waals surface area contributed by atoms with Crippen LogP contribution in [0.1, 0.15) is 60.8 Å². The Morgan fingerprint density at radius 2 is 1.75 bits per heavy atom. The van der Waals surface area contributed by atoms with Gasteiger partial charge in [-0.3, -0.25) is 0 Å². The minimum absolute atomic E-state index is 0.0621. The third-order valence-electron chi connectivity index (χ3n) is 3.65. The van der Waals surface area contributed by atoms with Crippen molar-refractivity contribution in [1.29, 1.82) is 0 Å². The van der Waals surface area contributed by atoms with Crippen molar-refractivity contribution < 1.29 is 13.2 Å². The molecule has 1 aliphatic rings. The third kappa shape index (κ3) is 5.01. The van der Waals surface area contributed by atoms with Crippen LogP contribution in [0.25, 0.3) is 0 Å². The Kier molecular flexibility index (Phi) is 5.67. The maximum absolute atomic E-state index is 12.3. The summed E-state index contributed by atoms with van der Waals surface area (Å²) in [5.74, 6) is 0. The number of hydrogen-bond donors (Lipinski definition) is 0. The lowest BCUT2D eigenvalue weighted by Gasteiger charge is -2.26. The SMILES string of the molecule is CC(C)(C)CCCOC1CCN(S(=O)(=O)C(C)(C)C)C1. The fourth-order valence-electron chi connectivity index (χ4n) is 2.29. The molecule has 1 atom stereocenters. The molecule has 0 saturated carbocycles. The highest BCUT2D eigenvalue weighted by atomic mass is 32.2. The van der Waals surface area contributed by atoms with Gasteiger partial charge in [0.2, 0.25) is 10.0 Å². The van der Waals surface area contributed by atoms with E-state index in [9.17, 15) is 8.42 Å². The third-order valence-corrected chi connectivity index (χ3v) is 6.21. The van der Waals surface area contributed by atoms with Crippen LogP contribution in [0.5, 0.6) is 0 Å². The standard InChI is InChI=1S/C15H31NO3S/c1-14(2,3)9-7-11-19-13-8-10-16(12-13)20(17,18)15(4,5)6/h13H,7-12H2,1-6H3. The van der Waals surface area contributed by atoms with Crippen molar-refractivity contribution in [2.75, 3.05) is 19.7 Å². The molecule has 0 N–H and O–H groups in total. The summed E-state index contributed by atoms with van der Waals surface area (Å²) in [5, 5.41) is 0. The Morgan fingerprint density at radius 3 is 2.25 bits per heavy atom. The van der Waals surface area contributed by atoms with Crippen molar-refractivity contribution in [3.63, 3.8) is 0 Å². The van der Waals surface area contributed by atoms with Crippen LogP contribution in [0, 0.1) is 5.41 Å². The highest BCUT2D eigenvalue weighted by molar-refractivity contribution is 7.90. The summed E-state index contributed by atoms with van der Waals surface area (Å²) in [6.45, 7) is 13.7. The Bertz CT molecular complexity index is 404. The van der Waals surface area contributed by atoms with E-state index in [-0.39, 0.29) is 6.10 Å². The lowest BCUT2D eigenvalue weighted by Crippen LogP contribution is -2.42. The normalized spacial score (nSPS) is 22.4. The van der Waals surface area contributed by atoms with Crippen molar-refractivity contribution in [3.8, 4) is 0 Å². The molecule has 0 aromatic carbocycles. The summed E-state index contributed by atoms with van der Waals surface area (Å²) in [6.07, 6.45) is 3.03. The molecule has 0 amide bonds. The first-order valence-corrected chi connectivity index (χ1v) is 8.99. The van der Waals surface area contributed by atoms with E-state index in [2.05, 4.69) is 20.8 Å². The molecule has 4 nitrogen and oxygen atoms in total. The number of sulfonamides is 1. The molecule has 0 aromatic rings. The molecule has 0 spiro atoms. The molecule has 0 bridgehead atoms. The molecular formula is C15H31NO3S. The number of hydrogen-bond acceptors (Lipinski definition) is 3. The highest BCUT2D eigenvalue weighted by Crippen LogP contribution is 2.26. The van der Waals surface area contributed by atoms with Crippen molar-refractivity contribution >= 4 is 10.0 Å². The van der Waals surface area contributed by atoms with Crippen LogP contribution in [0.15, 0.2) is 0 Å². The Hall–Kier alpha value is -0.130. The number of nitrogens with zero attached hydrogens (tertiary/aromatic N) is 1. The molecule has 120 valence electrons. The van der Waals surface area contributed by atoms with Gasteiger partial charge in [0.1, 0.15) is 0 Å². The highest BCUT2D eigenvalue weighted by Gasteiger charge is 2.39. The van der Waals surface area contributed by atoms with E-state index in [4.69, 9.17) is 4.74 Å². The second kappa shape index (κ2) is 6.32. The maximum atomic E-state index is 12.3. The Morgan fingerprint density at radius 1 is 1.15 bits per heavy atom. The summed E-state index contributed by atoms with van der Waals surface area (Å²) in [7, 11) is -3.21. The van der Waals surface area contributed by atoms with Gasteiger partial charge in [0.25, 0.3) is 0 Å². The predicted molar refractivity (Wildman–Crippen MR) is 83.3 cm³/mol. The van der Waals surface area contributed by atoms with Gasteiger partial charge in [0.05, 0.1) is 10.9 Å². The quantitative estimate of drug-likeness (QED) is 0.734. The van der Waals surface area contributed by atoms with Crippen molar-refractivity contribution in [2.24, 2.45) is 5.41 Å². The van der Waals surface area contributed by atoms with Crippen LogP contribution in [0.2, 0.25) is 0 Å². The molecule has 0 aromatic heterocycles. The number of ether oxygens (including phenoxy) is 1. The summed E-state index contributed by atoms with van der Waals surface area (Å²) in [5.41, 5.74) is 0.334. The van der Waals surface area contributed by atoms with E-state index < -0.39 is 14.8 Å². The van der Waals surface area contributed by atoms with Crippen LogP contribution < -0.4 is 0 Å². The fourth-order valence-corrected chi connectivity index (χ4v) is 3.77. The van der Waals surface area contributed by atoms with Gasteiger partial charge in [-0.05, 0) is 45.4 Å². The molecule has 1 saturated heterocycles. The number of rotatable bonds is 5. The summed E-state index contributed by atoms with van der Waals surface area (Å²) in [6, 6.07) is 0. The molecule has 1 aliphatic heterocycles. The second-order valence-electron chi connectivity index (χ2n) is 7.92. The van der Waals surface area contributed by atoms with Crippen molar-refractivity contribution in [2.45, 2.75) is 71.7 Å². The van der Waals surface area contributed by atoms with Crippen molar-refractivity contribution in [3.05, 3.63) is 0 Å². The molecule has 0 aliphatic carbocycles. The van der Waals surface area contributed by atoms with E-state index in [1.54, 1.807) is 25.1 Å². The van der Waals surface area contributed by atoms with Crippen LogP contribution in [0.3, 0.4) is 0 Å². The molecule has 1 rings (SSSR count). The van der Waals surface area contributed by atoms with Gasteiger partial charge in [-0.1, -0.05) is 20.8 Å². The minimum atomic E-state index is -3.21. The maximum Gasteiger partial charge on any atom is 0.219 e. The van der Waals surface area contributed by atoms with Gasteiger partial charge in [0.15, 0.2) is 0 Å². The Balaban J connectivity index is 2.38. The molecule has 1 fully saturated rings. The van der Waals surface area contributed by atoms with E-state index >= 15 is 0 Å². The molecular weight excluding hydrogens is 274 g/mol. The largest absolute Gasteiger partial charge is 0.377 e. The van der Waals surface area contributed by atoms with Crippen LogP contribution in [-0.2, 0) is 14.8 Å². The van der Waals surface area contributed by atoms with Gasteiger partial charge < -0.3 is 4.74 Å². The molecule has 5 heteroatoms. The van der Waals surface area contributed by atoms with Crippen molar-refractivity contribution in [1.82, 2.24) is 4.31 Å². The second-order valence-corrected chi connectivity index (χ2v) is 10.6. The van der Waals surface area contributed by atoms with E-state index in [1.807, 2.05) is 0 Å². The molecule has 1 unspecified atom stereocenters. The topological polar surface area (TPSA) is 46.6 Å². The predicted octanol–water partition coefficient (Wildman–Crippen LogP) is 3.03. The van der Waals surface area contributed by atoms with Gasteiger partial charge in [-0.2, -0.15) is 4.31 Å². The van der Waals surface area contributed by atoms with Gasteiger partial charge >= 0.3 is 0 Å². The first-order chi connectivity index (χ1) is 8.93. The first kappa shape index (κ1) is 17.9. The first-order valence-electron chi connectivity index (χ1n) is 7.55. The minimum Gasteiger partial charge on any atom is -0.377 e. The molecule has 0 radical (unpaired) electrons. The monoisotopic (exact) mass is 305 g/mol. The van der Waals surface area contributed by atoms with Crippen LogP contribution >= 0.6 is 0 Å². The van der Waals surface area contributed by atoms with E-state index in [0.29, 0.717) is 18.5 Å². The van der Waals surface area contributed by atoms with E-state index in [0.717, 1.165) is 25.9 Å². The summed E-state index contributed by atoms with van der Waals surface area (Å²) in [4.78, 5) is 0. The molecule has 1 heterocycles. The van der Waals surface area contributed by atoms with E-state index in [1.165, 1.54) is 0 Å². The summed E-state index contributed by atoms with van der Waals surface area (Å²) >= 11 is 0. The van der Waals surface area contributed by atoms with Crippen LogP contribution in [0.4, 0.5) is 0 Å². The lowest BCUT2D eigenvalue weighted by atomic mass is 9.91. The zero-order chi connectivity index (χ0) is 15.6. The van der Waals surface area contributed by atoms with Crippen LogP contribution in [-0.4, -0.2) is 43.3 Å². The van der Waals surface area contributed by atoms with Gasteiger partial charge in [-0.25, -0.2) is 8.42 Å². The Labute approximate surface area is 124 Å². The van der Waals surface area contributed by atoms with Gasteiger partial charge in [0, 0.05) is 19.7 Å². The van der Waals surface area contributed by atoms with Gasteiger partial charge in [-0.15, -0.1) is 0 Å². The fraction of sp³-hybridized carbons (Fsp3) is 1.00. The molecule has 20 heavy (non-hydrogen) atoms. The lowest BCUT2D eigenvalue weighted by molar-refractivity contribution is 0.0566. The average Bonchev–Trinajstić information content (AvgIpc) is 2.70. The summed E-state index contributed by atoms with van der Waals surface area (Å²) < 4.78 is 31.4. The zero-order valence-electron chi connectivity index (χ0n) is 13.9. The zero-order valence-corrected chi connectivity index (χ0v) is 14.7. The average molecular weight is 305 g/mol.